The summed E-state index contributed by atoms with van der Waals surface area (Å²) in [5.41, 5.74) is 9.59. The third-order valence-corrected chi connectivity index (χ3v) is 7.54. The van der Waals surface area contributed by atoms with Gasteiger partial charge in [0, 0.05) is 18.3 Å². The maximum Gasteiger partial charge on any atom is 0.268 e. The monoisotopic (exact) mass is 566 g/mol. The van der Waals surface area contributed by atoms with Crippen molar-refractivity contribution >= 4 is 21.7 Å². The Kier molecular flexibility index (Phi) is 10.1. The van der Waals surface area contributed by atoms with Gasteiger partial charge in [-0.15, -0.1) is 0 Å². The van der Waals surface area contributed by atoms with Crippen LogP contribution in [0.4, 0.5) is 5.82 Å². The SMILES string of the molecule is CS(=O)(=O)NC(=O)c1ccc(-c2ccc(CCCNC[C@H](O)c3ccc(N)nc3)cc2)cc1OC1CCCCC1. The van der Waals surface area contributed by atoms with Gasteiger partial charge < -0.3 is 20.9 Å². The van der Waals surface area contributed by atoms with E-state index in [1.54, 1.807) is 24.4 Å². The Labute approximate surface area is 236 Å². The molecule has 0 radical (unpaired) electrons. The molecule has 1 aliphatic rings. The van der Waals surface area contributed by atoms with Crippen LogP contribution in [0, 0.1) is 0 Å². The van der Waals surface area contributed by atoms with E-state index < -0.39 is 22.0 Å². The second-order valence-corrected chi connectivity index (χ2v) is 12.1. The van der Waals surface area contributed by atoms with E-state index in [4.69, 9.17) is 10.5 Å². The number of nitrogen functional groups attached to an aromatic ring is 1. The zero-order valence-corrected chi connectivity index (χ0v) is 23.6. The summed E-state index contributed by atoms with van der Waals surface area (Å²) in [5, 5.41) is 13.6. The van der Waals surface area contributed by atoms with Crippen LogP contribution in [-0.4, -0.2) is 49.9 Å². The van der Waals surface area contributed by atoms with Gasteiger partial charge in [-0.25, -0.2) is 18.1 Å². The topological polar surface area (TPSA) is 144 Å². The molecule has 0 spiro atoms. The Morgan fingerprint density at radius 3 is 2.48 bits per heavy atom. The van der Waals surface area contributed by atoms with Crippen molar-refractivity contribution in [3.8, 4) is 16.9 Å². The average Bonchev–Trinajstić information content (AvgIpc) is 2.93. The molecule has 0 bridgehead atoms. The third-order valence-electron chi connectivity index (χ3n) is 6.99. The number of nitrogens with zero attached hydrogens (tertiary/aromatic N) is 1. The van der Waals surface area contributed by atoms with Crippen molar-refractivity contribution in [2.24, 2.45) is 0 Å². The van der Waals surface area contributed by atoms with E-state index in [2.05, 4.69) is 27.2 Å². The highest BCUT2D eigenvalue weighted by Gasteiger charge is 2.21. The van der Waals surface area contributed by atoms with Crippen LogP contribution in [0.25, 0.3) is 11.1 Å². The second-order valence-electron chi connectivity index (χ2n) is 10.3. The van der Waals surface area contributed by atoms with Gasteiger partial charge in [-0.3, -0.25) is 4.79 Å². The first-order valence-electron chi connectivity index (χ1n) is 13.7. The predicted molar refractivity (Wildman–Crippen MR) is 156 cm³/mol. The standard InChI is InChI=1S/C30H38N4O5S/c1-40(37,38)34-30(36)26-15-13-23(18-28(26)39-25-7-3-2-4-8-25)22-11-9-21(10-12-22)6-5-17-32-20-27(35)24-14-16-29(31)33-19-24/h9-16,18-19,25,27,32,35H,2-8,17,20H2,1H3,(H2,31,33)(H,34,36)/t27-/m0/s1. The highest BCUT2D eigenvalue weighted by molar-refractivity contribution is 7.89. The fourth-order valence-corrected chi connectivity index (χ4v) is 5.27. The Hall–Kier alpha value is -3.47. The highest BCUT2D eigenvalue weighted by atomic mass is 32.2. The summed E-state index contributed by atoms with van der Waals surface area (Å²) in [4.78, 5) is 16.7. The number of nitrogens with two attached hydrogens (primary N) is 1. The molecule has 5 N–H and O–H groups in total. The molecule has 10 heteroatoms. The minimum Gasteiger partial charge on any atom is -0.490 e. The van der Waals surface area contributed by atoms with Gasteiger partial charge in [-0.2, -0.15) is 0 Å². The number of aryl methyl sites for hydroxylation is 1. The molecule has 1 atom stereocenters. The number of amides is 1. The van der Waals surface area contributed by atoms with Crippen molar-refractivity contribution in [2.75, 3.05) is 25.1 Å². The molecule has 0 aliphatic heterocycles. The summed E-state index contributed by atoms with van der Waals surface area (Å²) in [5.74, 6) is 0.135. The molecular formula is C30H38N4O5S. The zero-order valence-electron chi connectivity index (χ0n) is 22.8. The predicted octanol–water partition coefficient (Wildman–Crippen LogP) is 3.99. The van der Waals surface area contributed by atoms with E-state index in [0.717, 1.165) is 68.0 Å². The van der Waals surface area contributed by atoms with Gasteiger partial charge in [0.05, 0.1) is 24.0 Å². The molecule has 0 unspecified atom stereocenters. The van der Waals surface area contributed by atoms with Crippen LogP contribution in [0.2, 0.25) is 0 Å². The number of nitrogens with one attached hydrogen (secondary N) is 2. The summed E-state index contributed by atoms with van der Waals surface area (Å²) in [6, 6.07) is 17.0. The van der Waals surface area contributed by atoms with Crippen LogP contribution in [0.1, 0.15) is 66.1 Å². The van der Waals surface area contributed by atoms with Gasteiger partial charge in [0.25, 0.3) is 5.91 Å². The molecule has 1 amide bonds. The number of anilines is 1. The van der Waals surface area contributed by atoms with Crippen LogP contribution < -0.4 is 20.5 Å². The number of ether oxygens (including phenoxy) is 1. The first kappa shape index (κ1) is 29.5. The molecule has 9 nitrogen and oxygen atoms in total. The fourth-order valence-electron chi connectivity index (χ4n) is 4.82. The number of carbonyl (C=O) groups is 1. The maximum absolute atomic E-state index is 12.7. The minimum absolute atomic E-state index is 0.00837. The Bertz CT molecular complexity index is 1370. The van der Waals surface area contributed by atoms with E-state index in [1.807, 2.05) is 24.3 Å². The van der Waals surface area contributed by atoms with E-state index in [1.165, 1.54) is 12.0 Å². The van der Waals surface area contributed by atoms with Gasteiger partial charge >= 0.3 is 0 Å². The lowest BCUT2D eigenvalue weighted by Gasteiger charge is -2.24. The summed E-state index contributed by atoms with van der Waals surface area (Å²) < 4.78 is 31.6. The lowest BCUT2D eigenvalue weighted by atomic mass is 9.97. The van der Waals surface area contributed by atoms with Crippen molar-refractivity contribution in [1.29, 1.82) is 0 Å². The molecular weight excluding hydrogens is 528 g/mol. The number of aliphatic hydroxyl groups excluding tert-OH is 1. The largest absolute Gasteiger partial charge is 0.490 e. The molecule has 1 heterocycles. The summed E-state index contributed by atoms with van der Waals surface area (Å²) >= 11 is 0. The van der Waals surface area contributed by atoms with Gasteiger partial charge in [0.15, 0.2) is 0 Å². The van der Waals surface area contributed by atoms with Crippen molar-refractivity contribution in [1.82, 2.24) is 15.0 Å². The molecule has 1 saturated carbocycles. The molecule has 1 aromatic heterocycles. The molecule has 214 valence electrons. The quantitative estimate of drug-likeness (QED) is 0.241. The van der Waals surface area contributed by atoms with Crippen LogP contribution in [-0.2, 0) is 16.4 Å². The van der Waals surface area contributed by atoms with Crippen molar-refractivity contribution in [3.63, 3.8) is 0 Å². The Balaban J connectivity index is 1.35. The number of sulfonamides is 1. The van der Waals surface area contributed by atoms with Gasteiger partial charge in [-0.1, -0.05) is 42.8 Å². The van der Waals surface area contributed by atoms with Crippen molar-refractivity contribution in [3.05, 3.63) is 77.5 Å². The number of aliphatic hydroxyl groups is 1. The van der Waals surface area contributed by atoms with Crippen LogP contribution in [0.3, 0.4) is 0 Å². The lowest BCUT2D eigenvalue weighted by molar-refractivity contribution is 0.0969. The number of aromatic nitrogens is 1. The molecule has 0 saturated heterocycles. The van der Waals surface area contributed by atoms with Crippen LogP contribution in [0.15, 0.2) is 60.8 Å². The summed E-state index contributed by atoms with van der Waals surface area (Å²) in [6.07, 6.45) is 8.87. The normalized spacial score (nSPS) is 14.9. The van der Waals surface area contributed by atoms with Gasteiger partial charge in [0.1, 0.15) is 11.6 Å². The lowest BCUT2D eigenvalue weighted by Crippen LogP contribution is -2.30. The number of rotatable bonds is 12. The number of hydrogen-bond acceptors (Lipinski definition) is 8. The van der Waals surface area contributed by atoms with Crippen LogP contribution >= 0.6 is 0 Å². The second kappa shape index (κ2) is 13.7. The average molecular weight is 567 g/mol. The molecule has 1 aliphatic carbocycles. The Morgan fingerprint density at radius 1 is 1.07 bits per heavy atom. The third kappa shape index (κ3) is 8.77. The van der Waals surface area contributed by atoms with E-state index in [0.29, 0.717) is 18.1 Å². The first-order valence-corrected chi connectivity index (χ1v) is 15.6. The number of benzene rings is 2. The smallest absolute Gasteiger partial charge is 0.268 e. The maximum atomic E-state index is 12.7. The number of pyridine rings is 1. The molecule has 4 rings (SSSR count). The highest BCUT2D eigenvalue weighted by Crippen LogP contribution is 2.31. The van der Waals surface area contributed by atoms with Crippen molar-refractivity contribution < 1.29 is 23.1 Å². The van der Waals surface area contributed by atoms with Gasteiger partial charge in [-0.05, 0) is 80.0 Å². The molecule has 1 fully saturated rings. The Morgan fingerprint density at radius 2 is 1.80 bits per heavy atom. The van der Waals surface area contributed by atoms with E-state index in [9.17, 15) is 18.3 Å². The summed E-state index contributed by atoms with van der Waals surface area (Å²) in [7, 11) is -3.70. The van der Waals surface area contributed by atoms with Gasteiger partial charge in [0.2, 0.25) is 10.0 Å². The summed E-state index contributed by atoms with van der Waals surface area (Å²) in [6.45, 7) is 1.20. The number of hydrogen-bond donors (Lipinski definition) is 4. The van der Waals surface area contributed by atoms with E-state index >= 15 is 0 Å². The van der Waals surface area contributed by atoms with E-state index in [-0.39, 0.29) is 11.7 Å². The molecule has 40 heavy (non-hydrogen) atoms. The zero-order chi connectivity index (χ0) is 28.5. The number of carbonyl (C=O) groups excluding carboxylic acids is 1. The van der Waals surface area contributed by atoms with Crippen molar-refractivity contribution in [2.45, 2.75) is 57.2 Å². The first-order chi connectivity index (χ1) is 19.2. The molecule has 2 aromatic carbocycles. The fraction of sp³-hybridized carbons (Fsp3) is 0.400. The molecule has 3 aromatic rings. The minimum atomic E-state index is -3.70. The van der Waals surface area contributed by atoms with Crippen LogP contribution in [0.5, 0.6) is 5.75 Å².